The number of nitrogens with zero attached hydrogens (tertiary/aromatic N) is 3. The van der Waals surface area contributed by atoms with Crippen LogP contribution in [-0.2, 0) is 13.0 Å². The first-order chi connectivity index (χ1) is 14.0. The second-order valence-corrected chi connectivity index (χ2v) is 7.65. The van der Waals surface area contributed by atoms with Gasteiger partial charge in [-0.3, -0.25) is 14.8 Å². The highest BCUT2D eigenvalue weighted by molar-refractivity contribution is 5.44. The molecule has 29 heavy (non-hydrogen) atoms. The van der Waals surface area contributed by atoms with Crippen LogP contribution in [0.25, 0.3) is 5.65 Å². The average Bonchev–Trinajstić information content (AvgIpc) is 3.35. The predicted molar refractivity (Wildman–Crippen MR) is 112 cm³/mol. The van der Waals surface area contributed by atoms with E-state index in [4.69, 9.17) is 9.47 Å². The lowest BCUT2D eigenvalue weighted by Gasteiger charge is -2.17. The van der Waals surface area contributed by atoms with Gasteiger partial charge in [0.1, 0.15) is 0 Å². The molecule has 1 aliphatic heterocycles. The van der Waals surface area contributed by atoms with Crippen LogP contribution in [-0.4, -0.2) is 46.8 Å². The number of rotatable bonds is 6. The van der Waals surface area contributed by atoms with Gasteiger partial charge in [0.2, 0.25) is 0 Å². The van der Waals surface area contributed by atoms with Crippen LogP contribution in [0.4, 0.5) is 0 Å². The SMILES string of the molecule is CCc1c(C)nc2cc([C@H]3CCN(Cc4ccc(OC)c(OC)c4)C3)[nH]n2c1=O. The number of benzene rings is 1. The van der Waals surface area contributed by atoms with Gasteiger partial charge in [-0.25, -0.2) is 9.50 Å². The van der Waals surface area contributed by atoms with Crippen LogP contribution in [0, 0.1) is 6.92 Å². The molecule has 1 fully saturated rings. The van der Waals surface area contributed by atoms with Gasteiger partial charge in [0, 0.05) is 42.0 Å². The van der Waals surface area contributed by atoms with Crippen molar-refractivity contribution in [3.05, 3.63) is 57.1 Å². The number of fused-ring (bicyclic) bond motifs is 1. The van der Waals surface area contributed by atoms with Gasteiger partial charge in [0.05, 0.1) is 14.2 Å². The standard InChI is InChI=1S/C22H28N4O3/c1-5-17-14(2)23-21-11-18(24-26(21)22(17)27)16-8-9-25(13-16)12-15-6-7-19(28-3)20(10-15)29-4/h6-7,10-11,16,24H,5,8-9,12-13H2,1-4H3/t16-/m0/s1. The number of methoxy groups -OCH3 is 2. The first kappa shape index (κ1) is 19.5. The molecule has 2 aromatic heterocycles. The third-order valence-electron chi connectivity index (χ3n) is 5.85. The summed E-state index contributed by atoms with van der Waals surface area (Å²) in [4.78, 5) is 19.7. The summed E-state index contributed by atoms with van der Waals surface area (Å²) >= 11 is 0. The number of hydrogen-bond donors (Lipinski definition) is 1. The first-order valence-electron chi connectivity index (χ1n) is 10.1. The van der Waals surface area contributed by atoms with E-state index in [1.54, 1.807) is 18.7 Å². The van der Waals surface area contributed by atoms with Crippen molar-refractivity contribution in [2.24, 2.45) is 0 Å². The van der Waals surface area contributed by atoms with Crippen LogP contribution in [0.1, 0.15) is 41.8 Å². The number of nitrogens with one attached hydrogen (secondary N) is 1. The van der Waals surface area contributed by atoms with Crippen molar-refractivity contribution in [1.82, 2.24) is 19.5 Å². The number of aryl methyl sites for hydroxylation is 1. The lowest BCUT2D eigenvalue weighted by atomic mass is 10.1. The molecule has 7 heteroatoms. The summed E-state index contributed by atoms with van der Waals surface area (Å²) < 4.78 is 12.3. The molecule has 1 N–H and O–H groups in total. The summed E-state index contributed by atoms with van der Waals surface area (Å²) in [6.07, 6.45) is 1.74. The lowest BCUT2D eigenvalue weighted by Crippen LogP contribution is -2.22. The van der Waals surface area contributed by atoms with Crippen molar-refractivity contribution in [2.45, 2.75) is 39.2 Å². The Balaban J connectivity index is 1.51. The third-order valence-corrected chi connectivity index (χ3v) is 5.85. The minimum absolute atomic E-state index is 0.0152. The van der Waals surface area contributed by atoms with Crippen LogP contribution in [0.5, 0.6) is 11.5 Å². The van der Waals surface area contributed by atoms with Gasteiger partial charge < -0.3 is 9.47 Å². The molecule has 3 aromatic rings. The number of likely N-dealkylation sites (tertiary alicyclic amines) is 1. The second-order valence-electron chi connectivity index (χ2n) is 7.65. The molecular formula is C22H28N4O3. The normalized spacial score (nSPS) is 17.2. The molecule has 0 amide bonds. The monoisotopic (exact) mass is 396 g/mol. The zero-order valence-corrected chi connectivity index (χ0v) is 17.5. The number of aromatic nitrogens is 3. The van der Waals surface area contributed by atoms with E-state index >= 15 is 0 Å². The molecule has 0 bridgehead atoms. The van der Waals surface area contributed by atoms with E-state index in [1.165, 1.54) is 5.56 Å². The molecule has 7 nitrogen and oxygen atoms in total. The molecular weight excluding hydrogens is 368 g/mol. The average molecular weight is 396 g/mol. The maximum Gasteiger partial charge on any atom is 0.276 e. The van der Waals surface area contributed by atoms with Crippen LogP contribution in [0.3, 0.4) is 0 Å². The van der Waals surface area contributed by atoms with Crippen LogP contribution >= 0.6 is 0 Å². The lowest BCUT2D eigenvalue weighted by molar-refractivity contribution is 0.323. The number of aromatic amines is 1. The van der Waals surface area contributed by atoms with Crippen molar-refractivity contribution >= 4 is 5.65 Å². The largest absolute Gasteiger partial charge is 0.493 e. The fraction of sp³-hybridized carbons (Fsp3) is 0.455. The smallest absolute Gasteiger partial charge is 0.276 e. The molecule has 1 saturated heterocycles. The fourth-order valence-corrected chi connectivity index (χ4v) is 4.27. The quantitative estimate of drug-likeness (QED) is 0.694. The van der Waals surface area contributed by atoms with Crippen LogP contribution in [0.2, 0.25) is 0 Å². The topological polar surface area (TPSA) is 71.9 Å². The summed E-state index contributed by atoms with van der Waals surface area (Å²) in [5.41, 5.74) is 4.60. The van der Waals surface area contributed by atoms with Gasteiger partial charge in [-0.15, -0.1) is 0 Å². The molecule has 0 spiro atoms. The Hall–Kier alpha value is -2.80. The molecule has 1 aliphatic rings. The third kappa shape index (κ3) is 3.62. The summed E-state index contributed by atoms with van der Waals surface area (Å²) in [6.45, 7) is 6.71. The summed E-state index contributed by atoms with van der Waals surface area (Å²) in [5.74, 6) is 1.86. The molecule has 0 aliphatic carbocycles. The van der Waals surface area contributed by atoms with Crippen LogP contribution in [0.15, 0.2) is 29.1 Å². The fourth-order valence-electron chi connectivity index (χ4n) is 4.27. The van der Waals surface area contributed by atoms with Gasteiger partial charge in [-0.05, 0) is 44.0 Å². The maximum atomic E-state index is 12.7. The number of H-pyrrole nitrogens is 1. The van der Waals surface area contributed by atoms with Gasteiger partial charge in [-0.2, -0.15) is 0 Å². The van der Waals surface area contributed by atoms with E-state index in [0.717, 1.165) is 54.5 Å². The maximum absolute atomic E-state index is 12.7. The van der Waals surface area contributed by atoms with Crippen LogP contribution < -0.4 is 15.0 Å². The Bertz CT molecular complexity index is 1090. The molecule has 154 valence electrons. The van der Waals surface area contributed by atoms with E-state index in [0.29, 0.717) is 18.0 Å². The molecule has 0 unspecified atom stereocenters. The van der Waals surface area contributed by atoms with Crippen molar-refractivity contribution in [1.29, 1.82) is 0 Å². The molecule has 0 radical (unpaired) electrons. The van der Waals surface area contributed by atoms with E-state index in [1.807, 2.05) is 32.0 Å². The first-order valence-corrected chi connectivity index (χ1v) is 10.1. The van der Waals surface area contributed by atoms with E-state index in [9.17, 15) is 4.79 Å². The zero-order chi connectivity index (χ0) is 20.5. The zero-order valence-electron chi connectivity index (χ0n) is 17.5. The summed E-state index contributed by atoms with van der Waals surface area (Å²) in [6, 6.07) is 8.09. The molecule has 3 heterocycles. The molecule has 1 aromatic carbocycles. The van der Waals surface area contributed by atoms with Gasteiger partial charge in [-0.1, -0.05) is 13.0 Å². The Labute approximate surface area is 170 Å². The minimum Gasteiger partial charge on any atom is -0.493 e. The van der Waals surface area contributed by atoms with Crippen molar-refractivity contribution in [3.63, 3.8) is 0 Å². The van der Waals surface area contributed by atoms with Gasteiger partial charge in [0.25, 0.3) is 5.56 Å². The Kier molecular flexibility index (Phi) is 5.32. The Morgan fingerprint density at radius 3 is 2.72 bits per heavy atom. The van der Waals surface area contributed by atoms with Gasteiger partial charge >= 0.3 is 0 Å². The van der Waals surface area contributed by atoms with E-state index < -0.39 is 0 Å². The van der Waals surface area contributed by atoms with Gasteiger partial charge in [0.15, 0.2) is 17.1 Å². The van der Waals surface area contributed by atoms with Crippen molar-refractivity contribution in [3.8, 4) is 11.5 Å². The van der Waals surface area contributed by atoms with E-state index in [-0.39, 0.29) is 5.56 Å². The summed E-state index contributed by atoms with van der Waals surface area (Å²) in [7, 11) is 3.30. The highest BCUT2D eigenvalue weighted by Gasteiger charge is 2.26. The van der Waals surface area contributed by atoms with Crippen molar-refractivity contribution < 1.29 is 9.47 Å². The molecule has 4 rings (SSSR count). The highest BCUT2D eigenvalue weighted by Crippen LogP contribution is 2.31. The molecule has 1 atom stereocenters. The Morgan fingerprint density at radius 2 is 2.00 bits per heavy atom. The predicted octanol–water partition coefficient (Wildman–Crippen LogP) is 2.90. The van der Waals surface area contributed by atoms with Crippen molar-refractivity contribution in [2.75, 3.05) is 27.3 Å². The van der Waals surface area contributed by atoms with E-state index in [2.05, 4.69) is 21.0 Å². The second kappa shape index (κ2) is 7.91. The minimum atomic E-state index is 0.0152. The number of hydrogen-bond acceptors (Lipinski definition) is 5. The Morgan fingerprint density at radius 1 is 1.21 bits per heavy atom. The number of ether oxygens (including phenoxy) is 2. The molecule has 0 saturated carbocycles. The summed E-state index contributed by atoms with van der Waals surface area (Å²) in [5, 5.41) is 3.30. The highest BCUT2D eigenvalue weighted by atomic mass is 16.5.